The van der Waals surface area contributed by atoms with E-state index in [0.29, 0.717) is 18.4 Å². The first kappa shape index (κ1) is 19.4. The molecule has 0 spiro atoms. The minimum absolute atomic E-state index is 0.253. The average molecular weight is 381 g/mol. The standard InChI is InChI=1S/C17H24N4O2S2/c1-13(16-8-5-9-24-16)11-20-17(18-2)21-12-14-6-4-7-15(10-14)25(22,23)19-3/h4-10,13,19H,11-12H2,1-3H3,(H2,18,20,21). The minimum Gasteiger partial charge on any atom is -0.356 e. The Bertz CT molecular complexity index is 802. The fourth-order valence-corrected chi connectivity index (χ4v) is 3.86. The van der Waals surface area contributed by atoms with Crippen LogP contribution in [-0.2, 0) is 16.6 Å². The van der Waals surface area contributed by atoms with Gasteiger partial charge in [-0.3, -0.25) is 4.99 Å². The van der Waals surface area contributed by atoms with Crippen LogP contribution in [0, 0.1) is 0 Å². The molecule has 0 aliphatic carbocycles. The van der Waals surface area contributed by atoms with Crippen molar-refractivity contribution in [1.29, 1.82) is 0 Å². The van der Waals surface area contributed by atoms with Crippen molar-refractivity contribution in [2.45, 2.75) is 24.3 Å². The van der Waals surface area contributed by atoms with Crippen molar-refractivity contribution >= 4 is 27.3 Å². The topological polar surface area (TPSA) is 82.6 Å². The van der Waals surface area contributed by atoms with E-state index in [0.717, 1.165) is 12.1 Å². The van der Waals surface area contributed by atoms with Crippen molar-refractivity contribution in [3.05, 3.63) is 52.2 Å². The molecule has 2 aromatic rings. The van der Waals surface area contributed by atoms with Gasteiger partial charge in [-0.05, 0) is 36.2 Å². The summed E-state index contributed by atoms with van der Waals surface area (Å²) in [6.45, 7) is 3.42. The first-order valence-electron chi connectivity index (χ1n) is 7.96. The number of nitrogens with one attached hydrogen (secondary N) is 3. The number of aliphatic imine (C=N–C) groups is 1. The van der Waals surface area contributed by atoms with E-state index in [-0.39, 0.29) is 4.90 Å². The van der Waals surface area contributed by atoms with Gasteiger partial charge in [-0.15, -0.1) is 11.3 Å². The average Bonchev–Trinajstić information content (AvgIpc) is 3.16. The van der Waals surface area contributed by atoms with Crippen LogP contribution in [0.2, 0.25) is 0 Å². The van der Waals surface area contributed by atoms with Crippen molar-refractivity contribution in [2.24, 2.45) is 4.99 Å². The molecule has 8 heteroatoms. The molecule has 1 heterocycles. The van der Waals surface area contributed by atoms with Crippen molar-refractivity contribution in [1.82, 2.24) is 15.4 Å². The van der Waals surface area contributed by atoms with Crippen molar-refractivity contribution in [2.75, 3.05) is 20.6 Å². The van der Waals surface area contributed by atoms with Gasteiger partial charge >= 0.3 is 0 Å². The van der Waals surface area contributed by atoms with Gasteiger partial charge in [0.25, 0.3) is 0 Å². The van der Waals surface area contributed by atoms with Crippen LogP contribution in [-0.4, -0.2) is 35.0 Å². The van der Waals surface area contributed by atoms with Crippen LogP contribution in [0.15, 0.2) is 51.7 Å². The maximum Gasteiger partial charge on any atom is 0.240 e. The van der Waals surface area contributed by atoms with Gasteiger partial charge in [0.2, 0.25) is 10.0 Å². The smallest absolute Gasteiger partial charge is 0.240 e. The molecular weight excluding hydrogens is 356 g/mol. The second-order valence-electron chi connectivity index (χ2n) is 5.58. The van der Waals surface area contributed by atoms with Gasteiger partial charge in [0, 0.05) is 30.9 Å². The van der Waals surface area contributed by atoms with Gasteiger partial charge in [0.15, 0.2) is 5.96 Å². The monoisotopic (exact) mass is 380 g/mol. The highest BCUT2D eigenvalue weighted by Gasteiger charge is 2.12. The maximum atomic E-state index is 11.9. The Morgan fingerprint density at radius 3 is 2.68 bits per heavy atom. The molecular formula is C17H24N4O2S2. The molecule has 0 radical (unpaired) electrons. The Balaban J connectivity index is 1.92. The number of nitrogens with zero attached hydrogens (tertiary/aromatic N) is 1. The third-order valence-electron chi connectivity index (χ3n) is 3.77. The number of hydrogen-bond acceptors (Lipinski definition) is 4. The zero-order chi connectivity index (χ0) is 18.3. The molecule has 0 aliphatic rings. The molecule has 0 amide bonds. The highest BCUT2D eigenvalue weighted by atomic mass is 32.2. The molecule has 136 valence electrons. The lowest BCUT2D eigenvalue weighted by Gasteiger charge is -2.15. The van der Waals surface area contributed by atoms with Gasteiger partial charge in [0.05, 0.1) is 4.90 Å². The van der Waals surface area contributed by atoms with E-state index in [4.69, 9.17) is 0 Å². The molecule has 25 heavy (non-hydrogen) atoms. The second-order valence-corrected chi connectivity index (χ2v) is 8.44. The van der Waals surface area contributed by atoms with Crippen LogP contribution in [0.1, 0.15) is 23.3 Å². The molecule has 2 rings (SSSR count). The van der Waals surface area contributed by atoms with Crippen LogP contribution in [0.4, 0.5) is 0 Å². The molecule has 1 atom stereocenters. The highest BCUT2D eigenvalue weighted by Crippen LogP contribution is 2.19. The van der Waals surface area contributed by atoms with E-state index in [1.165, 1.54) is 11.9 Å². The summed E-state index contributed by atoms with van der Waals surface area (Å²) in [6.07, 6.45) is 0. The molecule has 0 fully saturated rings. The first-order chi connectivity index (χ1) is 12.0. The quantitative estimate of drug-likeness (QED) is 0.508. The van der Waals surface area contributed by atoms with Crippen LogP contribution in [0.5, 0.6) is 0 Å². The number of benzene rings is 1. The predicted octanol–water partition coefficient (Wildman–Crippen LogP) is 2.12. The Morgan fingerprint density at radius 2 is 2.04 bits per heavy atom. The Morgan fingerprint density at radius 1 is 1.24 bits per heavy atom. The van der Waals surface area contributed by atoms with Crippen molar-refractivity contribution in [3.8, 4) is 0 Å². The summed E-state index contributed by atoms with van der Waals surface area (Å²) in [5.74, 6) is 1.08. The summed E-state index contributed by atoms with van der Waals surface area (Å²) < 4.78 is 26.1. The zero-order valence-electron chi connectivity index (χ0n) is 14.6. The summed E-state index contributed by atoms with van der Waals surface area (Å²) in [4.78, 5) is 5.79. The van der Waals surface area contributed by atoms with Crippen LogP contribution in [0.25, 0.3) is 0 Å². The van der Waals surface area contributed by atoms with E-state index in [2.05, 4.69) is 44.8 Å². The van der Waals surface area contributed by atoms with Gasteiger partial charge in [-0.1, -0.05) is 25.1 Å². The SMILES string of the molecule is CN=C(NCc1cccc(S(=O)(=O)NC)c1)NCC(C)c1cccs1. The Kier molecular flexibility index (Phi) is 6.98. The van der Waals surface area contributed by atoms with Crippen molar-refractivity contribution < 1.29 is 8.42 Å². The fourth-order valence-electron chi connectivity index (χ4n) is 2.27. The minimum atomic E-state index is -3.43. The molecule has 0 saturated heterocycles. The van der Waals surface area contributed by atoms with Crippen LogP contribution in [0.3, 0.4) is 0 Å². The number of guanidine groups is 1. The van der Waals surface area contributed by atoms with Crippen LogP contribution >= 0.6 is 11.3 Å². The van der Waals surface area contributed by atoms with E-state index in [1.807, 2.05) is 6.07 Å². The number of sulfonamides is 1. The third kappa shape index (κ3) is 5.55. The normalized spacial score (nSPS) is 13.5. The molecule has 0 aliphatic heterocycles. The molecule has 6 nitrogen and oxygen atoms in total. The molecule has 0 bridgehead atoms. The van der Waals surface area contributed by atoms with Gasteiger partial charge in [-0.2, -0.15) is 0 Å². The third-order valence-corrected chi connectivity index (χ3v) is 6.28. The lowest BCUT2D eigenvalue weighted by atomic mass is 10.1. The summed E-state index contributed by atoms with van der Waals surface area (Å²) >= 11 is 1.74. The largest absolute Gasteiger partial charge is 0.356 e. The van der Waals surface area contributed by atoms with E-state index in [1.54, 1.807) is 36.6 Å². The number of thiophene rings is 1. The maximum absolute atomic E-state index is 11.9. The summed E-state index contributed by atoms with van der Waals surface area (Å²) in [6, 6.07) is 11.0. The lowest BCUT2D eigenvalue weighted by molar-refractivity contribution is 0.588. The lowest BCUT2D eigenvalue weighted by Crippen LogP contribution is -2.38. The van der Waals surface area contributed by atoms with E-state index >= 15 is 0 Å². The van der Waals surface area contributed by atoms with Gasteiger partial charge in [-0.25, -0.2) is 13.1 Å². The summed E-state index contributed by atoms with van der Waals surface area (Å²) in [7, 11) is -0.315. The molecule has 1 unspecified atom stereocenters. The van der Waals surface area contributed by atoms with Gasteiger partial charge < -0.3 is 10.6 Å². The van der Waals surface area contributed by atoms with Gasteiger partial charge in [0.1, 0.15) is 0 Å². The van der Waals surface area contributed by atoms with E-state index < -0.39 is 10.0 Å². The van der Waals surface area contributed by atoms with Crippen molar-refractivity contribution in [3.63, 3.8) is 0 Å². The summed E-state index contributed by atoms with van der Waals surface area (Å²) in [5, 5.41) is 8.58. The number of hydrogen-bond donors (Lipinski definition) is 3. The molecule has 1 aromatic carbocycles. The highest BCUT2D eigenvalue weighted by molar-refractivity contribution is 7.89. The number of rotatable bonds is 7. The first-order valence-corrected chi connectivity index (χ1v) is 10.3. The fraction of sp³-hybridized carbons (Fsp3) is 0.353. The zero-order valence-corrected chi connectivity index (χ0v) is 16.2. The van der Waals surface area contributed by atoms with Crippen LogP contribution < -0.4 is 15.4 Å². The Labute approximate surface area is 153 Å². The molecule has 0 saturated carbocycles. The Hall–Kier alpha value is -1.90. The van der Waals surface area contributed by atoms with E-state index in [9.17, 15) is 8.42 Å². The second kappa shape index (κ2) is 8.98. The molecule has 3 N–H and O–H groups in total. The summed E-state index contributed by atoms with van der Waals surface area (Å²) in [5.41, 5.74) is 0.866. The predicted molar refractivity (Wildman–Crippen MR) is 104 cm³/mol. The molecule has 1 aromatic heterocycles.